The molecule has 2 heterocycles. The molecule has 1 fully saturated rings. The lowest BCUT2D eigenvalue weighted by atomic mass is 9.70. The molecule has 1 aromatic carbocycles. The second-order valence-corrected chi connectivity index (χ2v) is 7.07. The topological polar surface area (TPSA) is 33.1 Å². The molecule has 100 valence electrons. The fraction of sp³-hybridized carbons (Fsp3) is 0.438. The Balaban J connectivity index is 2.12. The maximum atomic E-state index is 11.2. The molecule has 3 rings (SSSR count). The van der Waals surface area contributed by atoms with Crippen LogP contribution in [0.15, 0.2) is 36.5 Å². The van der Waals surface area contributed by atoms with E-state index in [1.54, 1.807) is 0 Å². The fourth-order valence-corrected chi connectivity index (χ4v) is 4.37. The molecule has 1 aliphatic heterocycles. The largest absolute Gasteiger partial charge is 0.384 e. The predicted molar refractivity (Wildman–Crippen MR) is 81.4 cm³/mol. The van der Waals surface area contributed by atoms with E-state index in [0.717, 1.165) is 34.4 Å². The molecule has 0 radical (unpaired) electrons. The molecule has 1 atom stereocenters. The van der Waals surface area contributed by atoms with Gasteiger partial charge in [-0.15, -0.1) is 0 Å². The first kappa shape index (κ1) is 12.9. The summed E-state index contributed by atoms with van der Waals surface area (Å²) in [5.74, 6) is 1.87. The number of nitrogens with zero attached hydrogens (tertiary/aromatic N) is 1. The normalized spacial score (nSPS) is 26.5. The van der Waals surface area contributed by atoms with Crippen LogP contribution in [0.5, 0.6) is 0 Å². The lowest BCUT2D eigenvalue weighted by Gasteiger charge is -2.46. The molecule has 1 N–H and O–H groups in total. The van der Waals surface area contributed by atoms with E-state index < -0.39 is 5.60 Å². The Morgan fingerprint density at radius 2 is 2.05 bits per heavy atom. The Morgan fingerprint density at radius 3 is 2.84 bits per heavy atom. The van der Waals surface area contributed by atoms with Crippen LogP contribution in [0.1, 0.15) is 25.8 Å². The summed E-state index contributed by atoms with van der Waals surface area (Å²) >= 11 is 1.83. The third kappa shape index (κ3) is 2.05. The van der Waals surface area contributed by atoms with Crippen molar-refractivity contribution in [1.29, 1.82) is 0 Å². The van der Waals surface area contributed by atoms with Gasteiger partial charge >= 0.3 is 0 Å². The predicted octanol–water partition coefficient (Wildman–Crippen LogP) is 3.59. The molecule has 0 amide bonds. The molecule has 3 heteroatoms. The van der Waals surface area contributed by atoms with Crippen molar-refractivity contribution >= 4 is 22.7 Å². The molecule has 0 aliphatic carbocycles. The maximum Gasteiger partial charge on any atom is 0.105 e. The number of fused-ring (bicyclic) bond motifs is 1. The molecular weight excluding hydrogens is 254 g/mol. The monoisotopic (exact) mass is 273 g/mol. The van der Waals surface area contributed by atoms with Gasteiger partial charge in [-0.25, -0.2) is 0 Å². The summed E-state index contributed by atoms with van der Waals surface area (Å²) < 4.78 is 0. The van der Waals surface area contributed by atoms with E-state index in [0.29, 0.717) is 0 Å². The van der Waals surface area contributed by atoms with Gasteiger partial charge < -0.3 is 5.11 Å². The zero-order chi connectivity index (χ0) is 13.5. The lowest BCUT2D eigenvalue weighted by molar-refractivity contribution is -0.0580. The molecule has 0 spiro atoms. The third-order valence-electron chi connectivity index (χ3n) is 4.37. The van der Waals surface area contributed by atoms with Gasteiger partial charge in [0.25, 0.3) is 0 Å². The van der Waals surface area contributed by atoms with Crippen LogP contribution in [0, 0.1) is 5.41 Å². The van der Waals surface area contributed by atoms with E-state index in [1.165, 1.54) is 0 Å². The van der Waals surface area contributed by atoms with Gasteiger partial charge in [0.2, 0.25) is 0 Å². The van der Waals surface area contributed by atoms with Crippen molar-refractivity contribution in [2.45, 2.75) is 25.9 Å². The van der Waals surface area contributed by atoms with Crippen LogP contribution in [-0.4, -0.2) is 21.6 Å². The Bertz CT molecular complexity index is 610. The standard InChI is InChI=1S/C16H19NOS/c1-15(2)7-8-19-11-16(15,18)13-9-12-5-3-4-6-14(12)17-10-13/h3-6,9-10,18H,7-8,11H2,1-2H3. The highest BCUT2D eigenvalue weighted by Crippen LogP contribution is 2.48. The Labute approximate surface area is 118 Å². The summed E-state index contributed by atoms with van der Waals surface area (Å²) in [7, 11) is 0. The van der Waals surface area contributed by atoms with E-state index in [-0.39, 0.29) is 5.41 Å². The minimum Gasteiger partial charge on any atom is -0.384 e. The molecule has 0 saturated carbocycles. The molecule has 1 unspecified atom stereocenters. The van der Waals surface area contributed by atoms with Crippen molar-refractivity contribution < 1.29 is 5.11 Å². The number of pyridine rings is 1. The van der Waals surface area contributed by atoms with E-state index in [4.69, 9.17) is 0 Å². The Kier molecular flexibility index (Phi) is 3.06. The number of aliphatic hydroxyl groups is 1. The molecule has 19 heavy (non-hydrogen) atoms. The number of hydrogen-bond donors (Lipinski definition) is 1. The SMILES string of the molecule is CC1(C)CCSCC1(O)c1cnc2ccccc2c1. The van der Waals surface area contributed by atoms with Gasteiger partial charge in [-0.3, -0.25) is 4.98 Å². The maximum absolute atomic E-state index is 11.2. The summed E-state index contributed by atoms with van der Waals surface area (Å²) in [5.41, 5.74) is 1.04. The zero-order valence-corrected chi connectivity index (χ0v) is 12.2. The Morgan fingerprint density at radius 1 is 1.26 bits per heavy atom. The summed E-state index contributed by atoms with van der Waals surface area (Å²) in [4.78, 5) is 4.50. The first-order chi connectivity index (χ1) is 9.03. The van der Waals surface area contributed by atoms with Crippen LogP contribution >= 0.6 is 11.8 Å². The van der Waals surface area contributed by atoms with Crippen LogP contribution in [0.2, 0.25) is 0 Å². The molecule has 1 aliphatic rings. The fourth-order valence-electron chi connectivity index (χ4n) is 2.72. The van der Waals surface area contributed by atoms with Crippen LogP contribution in [0.4, 0.5) is 0 Å². The summed E-state index contributed by atoms with van der Waals surface area (Å²) in [6, 6.07) is 10.2. The average molecular weight is 273 g/mol. The lowest BCUT2D eigenvalue weighted by Crippen LogP contribution is -2.47. The average Bonchev–Trinajstić information content (AvgIpc) is 2.41. The molecule has 2 nitrogen and oxygen atoms in total. The summed E-state index contributed by atoms with van der Waals surface area (Å²) in [6.45, 7) is 4.31. The van der Waals surface area contributed by atoms with Crippen LogP contribution in [-0.2, 0) is 5.60 Å². The van der Waals surface area contributed by atoms with E-state index in [1.807, 2.05) is 36.2 Å². The highest BCUT2D eigenvalue weighted by Gasteiger charge is 2.47. The van der Waals surface area contributed by atoms with E-state index in [9.17, 15) is 5.11 Å². The van der Waals surface area contributed by atoms with Crippen LogP contribution in [0.3, 0.4) is 0 Å². The number of rotatable bonds is 1. The number of benzene rings is 1. The van der Waals surface area contributed by atoms with Gasteiger partial charge in [0, 0.05) is 22.9 Å². The van der Waals surface area contributed by atoms with Gasteiger partial charge in [-0.05, 0) is 29.7 Å². The highest BCUT2D eigenvalue weighted by atomic mass is 32.2. The quantitative estimate of drug-likeness (QED) is 0.862. The summed E-state index contributed by atoms with van der Waals surface area (Å²) in [5, 5.41) is 12.3. The molecule has 0 bridgehead atoms. The zero-order valence-electron chi connectivity index (χ0n) is 11.4. The molecule has 1 aromatic heterocycles. The van der Waals surface area contributed by atoms with Gasteiger partial charge in [0.1, 0.15) is 5.60 Å². The number of hydrogen-bond acceptors (Lipinski definition) is 3. The molecule has 2 aromatic rings. The Hall–Kier alpha value is -1.06. The minimum absolute atomic E-state index is 0.109. The van der Waals surface area contributed by atoms with Gasteiger partial charge in [0.05, 0.1) is 5.52 Å². The van der Waals surface area contributed by atoms with Crippen molar-refractivity contribution in [3.05, 3.63) is 42.1 Å². The van der Waals surface area contributed by atoms with E-state index >= 15 is 0 Å². The minimum atomic E-state index is -0.785. The van der Waals surface area contributed by atoms with Crippen molar-refractivity contribution in [3.8, 4) is 0 Å². The third-order valence-corrected chi connectivity index (χ3v) is 5.48. The van der Waals surface area contributed by atoms with Crippen LogP contribution < -0.4 is 0 Å². The first-order valence-corrected chi connectivity index (χ1v) is 7.84. The van der Waals surface area contributed by atoms with Crippen molar-refractivity contribution in [1.82, 2.24) is 4.98 Å². The second kappa shape index (κ2) is 4.50. The number of para-hydroxylation sites is 1. The summed E-state index contributed by atoms with van der Waals surface area (Å²) in [6.07, 6.45) is 2.87. The highest BCUT2D eigenvalue weighted by molar-refractivity contribution is 7.99. The number of thioether (sulfide) groups is 1. The first-order valence-electron chi connectivity index (χ1n) is 6.68. The van der Waals surface area contributed by atoms with Crippen molar-refractivity contribution in [3.63, 3.8) is 0 Å². The van der Waals surface area contributed by atoms with Crippen LogP contribution in [0.25, 0.3) is 10.9 Å². The smallest absolute Gasteiger partial charge is 0.105 e. The van der Waals surface area contributed by atoms with Crippen molar-refractivity contribution in [2.75, 3.05) is 11.5 Å². The molecule has 1 saturated heterocycles. The number of aromatic nitrogens is 1. The molecular formula is C16H19NOS. The van der Waals surface area contributed by atoms with Gasteiger partial charge in [-0.1, -0.05) is 32.0 Å². The van der Waals surface area contributed by atoms with Crippen molar-refractivity contribution in [2.24, 2.45) is 5.41 Å². The van der Waals surface area contributed by atoms with Gasteiger partial charge in [0.15, 0.2) is 0 Å². The van der Waals surface area contributed by atoms with E-state index in [2.05, 4.69) is 31.0 Å². The second-order valence-electron chi connectivity index (χ2n) is 5.96. The van der Waals surface area contributed by atoms with Gasteiger partial charge in [-0.2, -0.15) is 11.8 Å².